The van der Waals surface area contributed by atoms with Gasteiger partial charge in [-0.3, -0.25) is 4.79 Å². The minimum Gasteiger partial charge on any atom is -0.480 e. The molecular weight excluding hydrogens is 330 g/mol. The summed E-state index contributed by atoms with van der Waals surface area (Å²) < 4.78 is 1.86. The van der Waals surface area contributed by atoms with Crippen LogP contribution < -0.4 is 0 Å². The van der Waals surface area contributed by atoms with Crippen LogP contribution in [0.25, 0.3) is 10.9 Å². The first-order valence-corrected chi connectivity index (χ1v) is 8.40. The van der Waals surface area contributed by atoms with Crippen LogP contribution in [0.15, 0.2) is 52.3 Å². The molecule has 0 radical (unpaired) electrons. The fourth-order valence-electron chi connectivity index (χ4n) is 2.77. The van der Waals surface area contributed by atoms with Crippen LogP contribution in [0.4, 0.5) is 0 Å². The number of aromatic nitrogens is 1. The second-order valence-corrected chi connectivity index (χ2v) is 6.94. The Labute approximate surface area is 143 Å². The molecule has 0 saturated carbocycles. The highest BCUT2D eigenvalue weighted by atomic mass is 35.5. The summed E-state index contributed by atoms with van der Waals surface area (Å²) in [4.78, 5) is 13.3. The summed E-state index contributed by atoms with van der Waals surface area (Å²) in [5.41, 5.74) is 3.05. The van der Waals surface area contributed by atoms with Gasteiger partial charge in [0.25, 0.3) is 0 Å². The van der Waals surface area contributed by atoms with E-state index in [1.165, 1.54) is 0 Å². The highest BCUT2D eigenvalue weighted by molar-refractivity contribution is 7.99. The third kappa shape index (κ3) is 3.09. The largest absolute Gasteiger partial charge is 0.480 e. The maximum atomic E-state index is 11.2. The molecular formula is C18H16ClNO2S. The van der Waals surface area contributed by atoms with Gasteiger partial charge in [0.05, 0.1) is 5.52 Å². The summed E-state index contributed by atoms with van der Waals surface area (Å²) in [5, 5.41) is 11.0. The zero-order chi connectivity index (χ0) is 16.6. The molecule has 1 heterocycles. The molecule has 3 nitrogen and oxygen atoms in total. The van der Waals surface area contributed by atoms with Crippen molar-refractivity contribution in [2.75, 3.05) is 0 Å². The molecule has 0 aliphatic rings. The number of halogens is 1. The molecule has 3 aromatic rings. The van der Waals surface area contributed by atoms with E-state index in [9.17, 15) is 9.90 Å². The number of fused-ring (bicyclic) bond motifs is 1. The van der Waals surface area contributed by atoms with Gasteiger partial charge in [0.1, 0.15) is 6.54 Å². The fraction of sp³-hybridized carbons (Fsp3) is 0.167. The zero-order valence-corrected chi connectivity index (χ0v) is 14.4. The Bertz CT molecular complexity index is 901. The van der Waals surface area contributed by atoms with Crippen LogP contribution in [-0.4, -0.2) is 15.6 Å². The van der Waals surface area contributed by atoms with Gasteiger partial charge in [0.15, 0.2) is 0 Å². The Balaban J connectivity index is 2.19. The molecule has 0 amide bonds. The first-order chi connectivity index (χ1) is 11.0. The van der Waals surface area contributed by atoms with Crippen LogP contribution in [0.1, 0.15) is 11.3 Å². The lowest BCUT2D eigenvalue weighted by Gasteiger charge is -2.05. The Morgan fingerprint density at radius 3 is 2.65 bits per heavy atom. The molecule has 0 spiro atoms. The molecule has 2 aromatic carbocycles. The number of aryl methyl sites for hydroxylation is 1. The minimum atomic E-state index is -0.842. The lowest BCUT2D eigenvalue weighted by atomic mass is 10.1. The van der Waals surface area contributed by atoms with Crippen LogP contribution in [0.2, 0.25) is 5.02 Å². The Morgan fingerprint density at radius 2 is 1.96 bits per heavy atom. The van der Waals surface area contributed by atoms with Crippen molar-refractivity contribution in [1.29, 1.82) is 0 Å². The van der Waals surface area contributed by atoms with E-state index in [1.807, 2.05) is 47.9 Å². The third-order valence-corrected chi connectivity index (χ3v) is 5.24. The van der Waals surface area contributed by atoms with Crippen LogP contribution in [-0.2, 0) is 11.3 Å². The molecule has 118 valence electrons. The summed E-state index contributed by atoms with van der Waals surface area (Å²) in [6.07, 6.45) is 0. The van der Waals surface area contributed by atoms with Crippen molar-refractivity contribution in [3.63, 3.8) is 0 Å². The molecule has 3 rings (SSSR count). The number of rotatable bonds is 4. The molecule has 0 aliphatic heterocycles. The van der Waals surface area contributed by atoms with Crippen LogP contribution in [0.3, 0.4) is 0 Å². The van der Waals surface area contributed by atoms with Gasteiger partial charge in [-0.25, -0.2) is 0 Å². The molecule has 0 atom stereocenters. The van der Waals surface area contributed by atoms with Gasteiger partial charge in [-0.1, -0.05) is 41.6 Å². The van der Waals surface area contributed by atoms with Crippen LogP contribution in [0, 0.1) is 13.8 Å². The lowest BCUT2D eigenvalue weighted by Crippen LogP contribution is -2.09. The van der Waals surface area contributed by atoms with Crippen molar-refractivity contribution in [2.45, 2.75) is 30.2 Å². The maximum Gasteiger partial charge on any atom is 0.323 e. The van der Waals surface area contributed by atoms with Gasteiger partial charge in [0, 0.05) is 25.9 Å². The van der Waals surface area contributed by atoms with E-state index in [0.29, 0.717) is 5.02 Å². The van der Waals surface area contributed by atoms with Gasteiger partial charge in [-0.15, -0.1) is 0 Å². The van der Waals surface area contributed by atoms with Gasteiger partial charge < -0.3 is 9.67 Å². The first kappa shape index (κ1) is 16.0. The predicted octanol–water partition coefficient (Wildman–Crippen LogP) is 5.15. The topological polar surface area (TPSA) is 42.2 Å². The van der Waals surface area contributed by atoms with Gasteiger partial charge in [-0.05, 0) is 43.7 Å². The molecule has 0 unspecified atom stereocenters. The average Bonchev–Trinajstić information content (AvgIpc) is 2.74. The zero-order valence-electron chi connectivity index (χ0n) is 12.8. The van der Waals surface area contributed by atoms with E-state index in [-0.39, 0.29) is 6.54 Å². The summed E-state index contributed by atoms with van der Waals surface area (Å²) in [7, 11) is 0. The monoisotopic (exact) mass is 345 g/mol. The van der Waals surface area contributed by atoms with Crippen molar-refractivity contribution in [3.8, 4) is 0 Å². The van der Waals surface area contributed by atoms with Gasteiger partial charge >= 0.3 is 5.97 Å². The Hall–Kier alpha value is -1.91. The van der Waals surface area contributed by atoms with E-state index in [1.54, 1.807) is 11.8 Å². The van der Waals surface area contributed by atoms with E-state index in [2.05, 4.69) is 13.0 Å². The normalized spacial score (nSPS) is 11.1. The van der Waals surface area contributed by atoms with E-state index in [0.717, 1.165) is 32.0 Å². The van der Waals surface area contributed by atoms with Crippen molar-refractivity contribution in [1.82, 2.24) is 4.57 Å². The van der Waals surface area contributed by atoms with Crippen molar-refractivity contribution in [3.05, 3.63) is 58.7 Å². The predicted molar refractivity (Wildman–Crippen MR) is 94.6 cm³/mol. The third-order valence-electron chi connectivity index (χ3n) is 3.81. The van der Waals surface area contributed by atoms with Gasteiger partial charge in [-0.2, -0.15) is 0 Å². The summed E-state index contributed by atoms with van der Waals surface area (Å²) in [6, 6.07) is 13.7. The SMILES string of the molecule is Cc1cccc2c1c(Sc1cccc(Cl)c1)c(C)n2CC(=O)O. The smallest absolute Gasteiger partial charge is 0.323 e. The standard InChI is InChI=1S/C18H16ClNO2S/c1-11-5-3-8-15-17(11)18(12(2)20(15)10-16(21)22)23-14-7-4-6-13(19)9-14/h3-9H,10H2,1-2H3,(H,21,22). The molecule has 0 aliphatic carbocycles. The highest BCUT2D eigenvalue weighted by Gasteiger charge is 2.18. The molecule has 1 aromatic heterocycles. The molecule has 1 N–H and O–H groups in total. The number of carboxylic acid groups (broad SMARTS) is 1. The Kier molecular flexibility index (Phi) is 4.37. The van der Waals surface area contributed by atoms with E-state index < -0.39 is 5.97 Å². The second-order valence-electron chi connectivity index (χ2n) is 5.42. The molecule has 0 saturated heterocycles. The number of hydrogen-bond donors (Lipinski definition) is 1. The van der Waals surface area contributed by atoms with Crippen molar-refractivity contribution >= 4 is 40.2 Å². The number of aliphatic carboxylic acids is 1. The number of nitrogens with zero attached hydrogens (tertiary/aromatic N) is 1. The quantitative estimate of drug-likeness (QED) is 0.711. The number of carbonyl (C=O) groups is 1. The molecule has 5 heteroatoms. The van der Waals surface area contributed by atoms with Crippen LogP contribution in [0.5, 0.6) is 0 Å². The van der Waals surface area contributed by atoms with Crippen LogP contribution >= 0.6 is 23.4 Å². The Morgan fingerprint density at radius 1 is 1.22 bits per heavy atom. The maximum absolute atomic E-state index is 11.2. The van der Waals surface area contributed by atoms with Crippen molar-refractivity contribution < 1.29 is 9.90 Å². The lowest BCUT2D eigenvalue weighted by molar-refractivity contribution is -0.137. The van der Waals surface area contributed by atoms with E-state index in [4.69, 9.17) is 11.6 Å². The average molecular weight is 346 g/mol. The number of hydrogen-bond acceptors (Lipinski definition) is 2. The van der Waals surface area contributed by atoms with Gasteiger partial charge in [0.2, 0.25) is 0 Å². The summed E-state index contributed by atoms with van der Waals surface area (Å²) in [6.45, 7) is 3.98. The number of carboxylic acids is 1. The minimum absolute atomic E-state index is 0.0398. The fourth-order valence-corrected chi connectivity index (χ4v) is 4.22. The summed E-state index contributed by atoms with van der Waals surface area (Å²) in [5.74, 6) is -0.842. The highest BCUT2D eigenvalue weighted by Crippen LogP contribution is 2.40. The second kappa shape index (κ2) is 6.30. The van der Waals surface area contributed by atoms with E-state index >= 15 is 0 Å². The number of benzene rings is 2. The van der Waals surface area contributed by atoms with Crippen molar-refractivity contribution in [2.24, 2.45) is 0 Å². The molecule has 0 bridgehead atoms. The molecule has 0 fully saturated rings. The first-order valence-electron chi connectivity index (χ1n) is 7.21. The summed E-state index contributed by atoms with van der Waals surface area (Å²) >= 11 is 7.70. The molecule has 23 heavy (non-hydrogen) atoms.